The largest absolute Gasteiger partial charge is 0.489 e. The number of nitriles is 1. The van der Waals surface area contributed by atoms with Gasteiger partial charge in [0.05, 0.1) is 12.2 Å². The minimum atomic E-state index is -0.749. The van der Waals surface area contributed by atoms with Gasteiger partial charge in [-0.3, -0.25) is 4.79 Å². The molecule has 2 N–H and O–H groups in total. The SMILES string of the molecule is CCOC(=O)CCc1ccc(C#N)c(OC[C@H](O)CNC(C)(C)Cc2ccc3ccccc3c2)c1. The van der Waals surface area contributed by atoms with Crippen LogP contribution in [0.25, 0.3) is 10.8 Å². The molecular weight excluding hydrogens is 440 g/mol. The van der Waals surface area contributed by atoms with Gasteiger partial charge in [0.25, 0.3) is 0 Å². The van der Waals surface area contributed by atoms with Crippen LogP contribution in [-0.2, 0) is 22.4 Å². The quantitative estimate of drug-likeness (QED) is 0.374. The summed E-state index contributed by atoms with van der Waals surface area (Å²) in [7, 11) is 0. The summed E-state index contributed by atoms with van der Waals surface area (Å²) in [6.45, 7) is 6.75. The van der Waals surface area contributed by atoms with Crippen molar-refractivity contribution in [1.29, 1.82) is 5.26 Å². The highest BCUT2D eigenvalue weighted by Gasteiger charge is 2.20. The molecule has 0 aliphatic carbocycles. The number of fused-ring (bicyclic) bond motifs is 1. The summed E-state index contributed by atoms with van der Waals surface area (Å²) in [6, 6.07) is 22.1. The summed E-state index contributed by atoms with van der Waals surface area (Å²) in [5.74, 6) is 0.149. The van der Waals surface area contributed by atoms with Crippen molar-refractivity contribution in [2.24, 2.45) is 0 Å². The summed E-state index contributed by atoms with van der Waals surface area (Å²) in [5.41, 5.74) is 2.26. The predicted octanol–water partition coefficient (Wildman–Crippen LogP) is 4.56. The van der Waals surface area contributed by atoms with Crippen molar-refractivity contribution in [3.63, 3.8) is 0 Å². The normalized spacial score (nSPS) is 12.2. The predicted molar refractivity (Wildman–Crippen MR) is 137 cm³/mol. The summed E-state index contributed by atoms with van der Waals surface area (Å²) in [4.78, 5) is 11.6. The molecule has 0 unspecified atom stereocenters. The lowest BCUT2D eigenvalue weighted by Crippen LogP contribution is -2.46. The Bertz CT molecular complexity index is 1180. The van der Waals surface area contributed by atoms with E-state index in [4.69, 9.17) is 9.47 Å². The first-order valence-corrected chi connectivity index (χ1v) is 12.0. The average molecular weight is 475 g/mol. The van der Waals surface area contributed by atoms with Gasteiger partial charge in [-0.05, 0) is 67.6 Å². The Labute approximate surface area is 207 Å². The number of benzene rings is 3. The fraction of sp³-hybridized carbons (Fsp3) is 0.379. The number of hydrogen-bond donors (Lipinski definition) is 2. The van der Waals surface area contributed by atoms with Crippen LogP contribution in [0.15, 0.2) is 60.7 Å². The van der Waals surface area contributed by atoms with Gasteiger partial charge in [-0.1, -0.05) is 48.5 Å². The fourth-order valence-corrected chi connectivity index (χ4v) is 3.97. The van der Waals surface area contributed by atoms with Crippen LogP contribution >= 0.6 is 0 Å². The molecule has 0 bridgehead atoms. The van der Waals surface area contributed by atoms with Crippen LogP contribution < -0.4 is 10.1 Å². The van der Waals surface area contributed by atoms with Crippen LogP contribution in [0.4, 0.5) is 0 Å². The molecule has 6 heteroatoms. The molecule has 35 heavy (non-hydrogen) atoms. The van der Waals surface area contributed by atoms with Crippen molar-refractivity contribution >= 4 is 16.7 Å². The van der Waals surface area contributed by atoms with Crippen molar-refractivity contribution in [3.8, 4) is 11.8 Å². The summed E-state index contributed by atoms with van der Waals surface area (Å²) < 4.78 is 10.8. The third-order valence-corrected chi connectivity index (χ3v) is 5.80. The van der Waals surface area contributed by atoms with E-state index < -0.39 is 6.10 Å². The topological polar surface area (TPSA) is 91.6 Å². The first kappa shape index (κ1) is 26.2. The maximum atomic E-state index is 11.6. The number of esters is 1. The van der Waals surface area contributed by atoms with Crippen molar-refractivity contribution in [1.82, 2.24) is 5.32 Å². The summed E-state index contributed by atoms with van der Waals surface area (Å²) in [6.07, 6.45) is 0.819. The van der Waals surface area contributed by atoms with Gasteiger partial charge < -0.3 is 19.9 Å². The van der Waals surface area contributed by atoms with Crippen molar-refractivity contribution < 1.29 is 19.4 Å². The van der Waals surface area contributed by atoms with E-state index in [0.29, 0.717) is 30.9 Å². The molecule has 0 amide bonds. The molecular formula is C29H34N2O4. The monoisotopic (exact) mass is 474 g/mol. The number of aliphatic hydroxyl groups is 1. The van der Waals surface area contributed by atoms with Crippen molar-refractivity contribution in [2.45, 2.75) is 51.7 Å². The van der Waals surface area contributed by atoms with Crippen molar-refractivity contribution in [2.75, 3.05) is 19.8 Å². The number of carbonyl (C=O) groups excluding carboxylic acids is 1. The third-order valence-electron chi connectivity index (χ3n) is 5.80. The zero-order chi connectivity index (χ0) is 25.3. The fourth-order valence-electron chi connectivity index (χ4n) is 3.97. The first-order valence-electron chi connectivity index (χ1n) is 12.0. The third kappa shape index (κ3) is 8.10. The van der Waals surface area contributed by atoms with Gasteiger partial charge in [-0.25, -0.2) is 0 Å². The number of aliphatic hydroxyl groups excluding tert-OH is 1. The number of nitrogens with zero attached hydrogens (tertiary/aromatic N) is 1. The van der Waals surface area contributed by atoms with Crippen LogP contribution in [0.1, 0.15) is 43.9 Å². The highest BCUT2D eigenvalue weighted by atomic mass is 16.5. The van der Waals surface area contributed by atoms with E-state index in [9.17, 15) is 15.2 Å². The number of ether oxygens (including phenoxy) is 2. The zero-order valence-electron chi connectivity index (χ0n) is 20.7. The standard InChI is InChI=1S/C29H34N2O4/c1-4-34-28(33)14-11-21-9-13-25(18-30)27(16-21)35-20-26(32)19-31-29(2,3)17-22-10-12-23-7-5-6-8-24(23)15-22/h5-10,12-13,15-16,26,31-32H,4,11,14,17,19-20H2,1-3H3/t26-/m1/s1. The van der Waals surface area contributed by atoms with E-state index in [2.05, 4.69) is 55.6 Å². The van der Waals surface area contributed by atoms with Crippen molar-refractivity contribution in [3.05, 3.63) is 77.4 Å². The number of hydrogen-bond acceptors (Lipinski definition) is 6. The summed E-state index contributed by atoms with van der Waals surface area (Å²) >= 11 is 0. The van der Waals surface area contributed by atoms with Gasteiger partial charge in [-0.15, -0.1) is 0 Å². The highest BCUT2D eigenvalue weighted by Crippen LogP contribution is 2.22. The maximum Gasteiger partial charge on any atom is 0.306 e. The second-order valence-corrected chi connectivity index (χ2v) is 9.34. The highest BCUT2D eigenvalue weighted by molar-refractivity contribution is 5.83. The molecule has 3 rings (SSSR count). The molecule has 3 aromatic rings. The molecule has 184 valence electrons. The van der Waals surface area contributed by atoms with Gasteiger partial charge in [0.1, 0.15) is 24.5 Å². The van der Waals surface area contributed by atoms with Gasteiger partial charge >= 0.3 is 5.97 Å². The smallest absolute Gasteiger partial charge is 0.306 e. The van der Waals surface area contributed by atoms with Crippen LogP contribution in [-0.4, -0.2) is 42.5 Å². The number of aryl methyl sites for hydroxylation is 1. The Kier molecular flexibility index (Phi) is 9.25. The van der Waals surface area contributed by atoms with E-state index >= 15 is 0 Å². The molecule has 0 heterocycles. The Hall–Kier alpha value is -3.40. The maximum absolute atomic E-state index is 11.6. The first-order chi connectivity index (χ1) is 16.8. The molecule has 0 fully saturated rings. The molecule has 0 radical (unpaired) electrons. The van der Waals surface area contributed by atoms with E-state index in [-0.39, 0.29) is 24.5 Å². The average Bonchev–Trinajstić information content (AvgIpc) is 2.85. The molecule has 0 aliphatic rings. The Balaban J connectivity index is 1.52. The second-order valence-electron chi connectivity index (χ2n) is 9.34. The summed E-state index contributed by atoms with van der Waals surface area (Å²) in [5, 5.41) is 25.8. The van der Waals surface area contributed by atoms with E-state index in [1.165, 1.54) is 16.3 Å². The van der Waals surface area contributed by atoms with Crippen LogP contribution in [0.5, 0.6) is 5.75 Å². The van der Waals surface area contributed by atoms with E-state index in [1.807, 2.05) is 12.1 Å². The lowest BCUT2D eigenvalue weighted by atomic mass is 9.93. The van der Waals surface area contributed by atoms with Gasteiger partial charge in [0.15, 0.2) is 0 Å². The van der Waals surface area contributed by atoms with Crippen LogP contribution in [0.3, 0.4) is 0 Å². The Morgan fingerprint density at radius 3 is 2.57 bits per heavy atom. The lowest BCUT2D eigenvalue weighted by molar-refractivity contribution is -0.143. The zero-order valence-corrected chi connectivity index (χ0v) is 20.7. The Morgan fingerprint density at radius 1 is 1.09 bits per heavy atom. The number of β-amino-alcohol motifs (C(OH)–C–C–N with tert-alkyl or cyclic N) is 1. The molecule has 0 saturated carbocycles. The molecule has 3 aromatic carbocycles. The minimum absolute atomic E-state index is 0.0507. The molecule has 0 aliphatic heterocycles. The second kappa shape index (κ2) is 12.3. The Morgan fingerprint density at radius 2 is 1.83 bits per heavy atom. The van der Waals surface area contributed by atoms with Crippen LogP contribution in [0.2, 0.25) is 0 Å². The number of carbonyl (C=O) groups is 1. The minimum Gasteiger partial charge on any atom is -0.489 e. The number of nitrogens with one attached hydrogen (secondary N) is 1. The molecule has 0 spiro atoms. The van der Waals surface area contributed by atoms with Gasteiger partial charge in [-0.2, -0.15) is 5.26 Å². The molecule has 6 nitrogen and oxygen atoms in total. The number of rotatable bonds is 12. The van der Waals surface area contributed by atoms with Gasteiger partial charge in [0, 0.05) is 18.5 Å². The van der Waals surface area contributed by atoms with Gasteiger partial charge in [0.2, 0.25) is 0 Å². The van der Waals surface area contributed by atoms with Crippen LogP contribution in [0, 0.1) is 11.3 Å². The molecule has 0 saturated heterocycles. The lowest BCUT2D eigenvalue weighted by Gasteiger charge is -2.28. The molecule has 0 aromatic heterocycles. The molecule has 1 atom stereocenters. The van der Waals surface area contributed by atoms with E-state index in [1.54, 1.807) is 25.1 Å². The van der Waals surface area contributed by atoms with E-state index in [0.717, 1.165) is 12.0 Å².